The van der Waals surface area contributed by atoms with Gasteiger partial charge in [-0.2, -0.15) is 0 Å². The summed E-state index contributed by atoms with van der Waals surface area (Å²) in [6.07, 6.45) is 1.63. The molecule has 118 valence electrons. The molecule has 0 aromatic heterocycles. The first-order valence-corrected chi connectivity index (χ1v) is 7.29. The van der Waals surface area contributed by atoms with Gasteiger partial charge in [0, 0.05) is 18.3 Å². The Morgan fingerprint density at radius 2 is 2.00 bits per heavy atom. The first-order valence-electron chi connectivity index (χ1n) is 7.29. The Labute approximate surface area is 126 Å². The molecule has 0 heterocycles. The maximum Gasteiger partial charge on any atom is 0.407 e. The van der Waals surface area contributed by atoms with E-state index < -0.39 is 11.7 Å². The van der Waals surface area contributed by atoms with Gasteiger partial charge in [-0.1, -0.05) is 13.3 Å². The SMILES string of the molecule is CCCCOc1cc(N)cc(CNC(=O)OC(C)(C)C)c1. The Morgan fingerprint density at radius 3 is 2.62 bits per heavy atom. The summed E-state index contributed by atoms with van der Waals surface area (Å²) in [5.74, 6) is 0.726. The van der Waals surface area contributed by atoms with Crippen LogP contribution in [0.5, 0.6) is 5.75 Å². The van der Waals surface area contributed by atoms with E-state index in [2.05, 4.69) is 12.2 Å². The van der Waals surface area contributed by atoms with Crippen molar-refractivity contribution < 1.29 is 14.3 Å². The molecule has 0 saturated heterocycles. The van der Waals surface area contributed by atoms with Crippen molar-refractivity contribution in [2.45, 2.75) is 52.7 Å². The second kappa shape index (κ2) is 7.76. The van der Waals surface area contributed by atoms with Crippen LogP contribution >= 0.6 is 0 Å². The highest BCUT2D eigenvalue weighted by Gasteiger charge is 2.15. The van der Waals surface area contributed by atoms with Crippen LogP contribution in [0.4, 0.5) is 10.5 Å². The Bertz CT molecular complexity index is 467. The number of unbranched alkanes of at least 4 members (excludes halogenated alkanes) is 1. The van der Waals surface area contributed by atoms with Gasteiger partial charge < -0.3 is 20.5 Å². The fourth-order valence-electron chi connectivity index (χ4n) is 1.69. The second-order valence-electron chi connectivity index (χ2n) is 5.97. The lowest BCUT2D eigenvalue weighted by Gasteiger charge is -2.19. The summed E-state index contributed by atoms with van der Waals surface area (Å²) in [5, 5.41) is 2.70. The molecule has 0 bridgehead atoms. The van der Waals surface area contributed by atoms with Gasteiger partial charge in [-0.3, -0.25) is 0 Å². The summed E-state index contributed by atoms with van der Waals surface area (Å²) < 4.78 is 10.8. The van der Waals surface area contributed by atoms with Crippen molar-refractivity contribution in [3.05, 3.63) is 23.8 Å². The molecule has 0 aliphatic rings. The Hall–Kier alpha value is -1.91. The molecule has 0 unspecified atom stereocenters. The molecule has 1 rings (SSSR count). The number of carbonyl (C=O) groups excluding carboxylic acids is 1. The predicted molar refractivity (Wildman–Crippen MR) is 84.3 cm³/mol. The summed E-state index contributed by atoms with van der Waals surface area (Å²) >= 11 is 0. The summed E-state index contributed by atoms with van der Waals surface area (Å²) in [7, 11) is 0. The van der Waals surface area contributed by atoms with Gasteiger partial charge in [-0.05, 0) is 44.9 Å². The largest absolute Gasteiger partial charge is 0.494 e. The molecule has 1 aromatic rings. The first kappa shape index (κ1) is 17.1. The highest BCUT2D eigenvalue weighted by atomic mass is 16.6. The topological polar surface area (TPSA) is 73.6 Å². The molecular formula is C16H26N2O3. The van der Waals surface area contributed by atoms with Gasteiger partial charge in [0.05, 0.1) is 6.61 Å². The van der Waals surface area contributed by atoms with E-state index in [1.807, 2.05) is 32.9 Å². The van der Waals surface area contributed by atoms with E-state index >= 15 is 0 Å². The number of amides is 1. The number of hydrogen-bond acceptors (Lipinski definition) is 4. The van der Waals surface area contributed by atoms with Gasteiger partial charge in [-0.25, -0.2) is 4.79 Å². The maximum absolute atomic E-state index is 11.6. The van der Waals surface area contributed by atoms with Crippen LogP contribution < -0.4 is 15.8 Å². The highest BCUT2D eigenvalue weighted by Crippen LogP contribution is 2.19. The summed E-state index contributed by atoms with van der Waals surface area (Å²) in [6, 6.07) is 5.47. The lowest BCUT2D eigenvalue weighted by atomic mass is 10.2. The summed E-state index contributed by atoms with van der Waals surface area (Å²) in [6.45, 7) is 8.61. The number of anilines is 1. The number of ether oxygens (including phenoxy) is 2. The summed E-state index contributed by atoms with van der Waals surface area (Å²) in [5.41, 5.74) is 6.84. The lowest BCUT2D eigenvalue weighted by molar-refractivity contribution is 0.0523. The van der Waals surface area contributed by atoms with Gasteiger partial charge in [0.2, 0.25) is 0 Å². The zero-order chi connectivity index (χ0) is 15.9. The first-order chi connectivity index (χ1) is 9.80. The average Bonchev–Trinajstić information content (AvgIpc) is 2.34. The number of alkyl carbamates (subject to hydrolysis) is 1. The van der Waals surface area contributed by atoms with E-state index in [1.54, 1.807) is 6.07 Å². The second-order valence-corrected chi connectivity index (χ2v) is 5.97. The Kier molecular flexibility index (Phi) is 6.34. The van der Waals surface area contributed by atoms with Crippen LogP contribution in [0.1, 0.15) is 46.1 Å². The molecule has 0 radical (unpaired) electrons. The average molecular weight is 294 g/mol. The molecule has 0 atom stereocenters. The number of hydrogen-bond donors (Lipinski definition) is 2. The van der Waals surface area contributed by atoms with E-state index in [0.29, 0.717) is 18.8 Å². The van der Waals surface area contributed by atoms with E-state index in [9.17, 15) is 4.79 Å². The molecular weight excluding hydrogens is 268 g/mol. The van der Waals surface area contributed by atoms with Gasteiger partial charge in [-0.15, -0.1) is 0 Å². The van der Waals surface area contributed by atoms with E-state index in [1.165, 1.54) is 0 Å². The summed E-state index contributed by atoms with van der Waals surface area (Å²) in [4.78, 5) is 11.6. The fraction of sp³-hybridized carbons (Fsp3) is 0.562. The van der Waals surface area contributed by atoms with Crippen LogP contribution in [0, 0.1) is 0 Å². The molecule has 0 saturated carbocycles. The molecule has 3 N–H and O–H groups in total. The van der Waals surface area contributed by atoms with Crippen molar-refractivity contribution in [2.24, 2.45) is 0 Å². The minimum absolute atomic E-state index is 0.351. The molecule has 0 aliphatic heterocycles. The van der Waals surface area contributed by atoms with Crippen molar-refractivity contribution in [1.29, 1.82) is 0 Å². The van der Waals surface area contributed by atoms with Crippen LogP contribution in [-0.4, -0.2) is 18.3 Å². The third kappa shape index (κ3) is 7.44. The number of nitrogen functional groups attached to an aromatic ring is 1. The van der Waals surface area contributed by atoms with Gasteiger partial charge in [0.1, 0.15) is 11.4 Å². The van der Waals surface area contributed by atoms with Crippen LogP contribution in [0.25, 0.3) is 0 Å². The van der Waals surface area contributed by atoms with E-state index in [-0.39, 0.29) is 0 Å². The standard InChI is InChI=1S/C16H26N2O3/c1-5-6-7-20-14-9-12(8-13(17)10-14)11-18-15(19)21-16(2,3)4/h8-10H,5-7,11,17H2,1-4H3,(H,18,19). The molecule has 0 fully saturated rings. The van der Waals surface area contributed by atoms with Crippen molar-refractivity contribution in [2.75, 3.05) is 12.3 Å². The molecule has 1 aromatic carbocycles. The molecule has 21 heavy (non-hydrogen) atoms. The molecule has 0 aliphatic carbocycles. The maximum atomic E-state index is 11.6. The van der Waals surface area contributed by atoms with Crippen LogP contribution in [0.3, 0.4) is 0 Å². The molecule has 5 nitrogen and oxygen atoms in total. The zero-order valence-electron chi connectivity index (χ0n) is 13.4. The van der Waals surface area contributed by atoms with Crippen molar-refractivity contribution >= 4 is 11.8 Å². The smallest absolute Gasteiger partial charge is 0.407 e. The minimum atomic E-state index is -0.506. The third-order valence-electron chi connectivity index (χ3n) is 2.59. The fourth-order valence-corrected chi connectivity index (χ4v) is 1.69. The number of nitrogens with one attached hydrogen (secondary N) is 1. The van der Waals surface area contributed by atoms with E-state index in [4.69, 9.17) is 15.2 Å². The lowest BCUT2D eigenvalue weighted by Crippen LogP contribution is -2.32. The Morgan fingerprint density at radius 1 is 1.29 bits per heavy atom. The van der Waals surface area contributed by atoms with Crippen molar-refractivity contribution in [3.63, 3.8) is 0 Å². The molecule has 1 amide bonds. The van der Waals surface area contributed by atoms with Gasteiger partial charge in [0.25, 0.3) is 0 Å². The molecule has 5 heteroatoms. The highest BCUT2D eigenvalue weighted by molar-refractivity contribution is 5.67. The van der Waals surface area contributed by atoms with Crippen LogP contribution in [0.15, 0.2) is 18.2 Å². The quantitative estimate of drug-likeness (QED) is 0.622. The number of carbonyl (C=O) groups is 1. The predicted octanol–water partition coefficient (Wildman–Crippen LogP) is 3.47. The number of benzene rings is 1. The minimum Gasteiger partial charge on any atom is -0.494 e. The third-order valence-corrected chi connectivity index (χ3v) is 2.59. The van der Waals surface area contributed by atoms with Gasteiger partial charge in [0.15, 0.2) is 0 Å². The number of nitrogens with two attached hydrogens (primary N) is 1. The van der Waals surface area contributed by atoms with Crippen molar-refractivity contribution in [1.82, 2.24) is 5.32 Å². The normalized spacial score (nSPS) is 11.0. The van der Waals surface area contributed by atoms with Crippen LogP contribution in [-0.2, 0) is 11.3 Å². The van der Waals surface area contributed by atoms with E-state index in [0.717, 1.165) is 24.2 Å². The van der Waals surface area contributed by atoms with Crippen LogP contribution in [0.2, 0.25) is 0 Å². The van der Waals surface area contributed by atoms with Gasteiger partial charge >= 0.3 is 6.09 Å². The monoisotopic (exact) mass is 294 g/mol. The molecule has 0 spiro atoms. The Balaban J connectivity index is 2.56. The van der Waals surface area contributed by atoms with Crippen molar-refractivity contribution in [3.8, 4) is 5.75 Å². The number of rotatable bonds is 6. The zero-order valence-corrected chi connectivity index (χ0v) is 13.4.